The molecule has 1 atom stereocenters. The van der Waals surface area contributed by atoms with Crippen molar-refractivity contribution in [1.29, 1.82) is 0 Å². The van der Waals surface area contributed by atoms with Crippen molar-refractivity contribution < 1.29 is 0 Å². The van der Waals surface area contributed by atoms with Crippen molar-refractivity contribution in [1.82, 2.24) is 14.9 Å². The Balaban J connectivity index is 1.81. The maximum absolute atomic E-state index is 5.78. The molecular weight excluding hydrogens is 238 g/mol. The first-order valence-electron chi connectivity index (χ1n) is 6.68. The van der Waals surface area contributed by atoms with E-state index >= 15 is 0 Å². The van der Waals surface area contributed by atoms with Crippen LogP contribution in [0, 0.1) is 0 Å². The van der Waals surface area contributed by atoms with Gasteiger partial charge in [0.15, 0.2) is 0 Å². The molecule has 5 nitrogen and oxygen atoms in total. The minimum Gasteiger partial charge on any atom is -0.399 e. The van der Waals surface area contributed by atoms with Gasteiger partial charge < -0.3 is 16.0 Å². The molecular formula is C14H19N5. The number of aromatic nitrogens is 2. The maximum Gasteiger partial charge on any atom is 0.137 e. The van der Waals surface area contributed by atoms with E-state index in [1.807, 2.05) is 18.2 Å². The molecule has 2 heterocycles. The lowest BCUT2D eigenvalue weighted by atomic mass is 10.2. The number of fused-ring (bicyclic) bond motifs is 1. The third-order valence-corrected chi connectivity index (χ3v) is 3.84. The summed E-state index contributed by atoms with van der Waals surface area (Å²) in [6.45, 7) is 2.11. The van der Waals surface area contributed by atoms with Crippen LogP contribution >= 0.6 is 0 Å². The second-order valence-corrected chi connectivity index (χ2v) is 5.16. The van der Waals surface area contributed by atoms with Gasteiger partial charge in [-0.05, 0) is 44.6 Å². The van der Waals surface area contributed by atoms with Crippen LogP contribution in [0.5, 0.6) is 0 Å². The molecule has 0 saturated carbocycles. The van der Waals surface area contributed by atoms with Crippen LogP contribution in [-0.2, 0) is 0 Å². The number of rotatable bonds is 3. The second kappa shape index (κ2) is 5.01. The van der Waals surface area contributed by atoms with Gasteiger partial charge in [0, 0.05) is 23.7 Å². The van der Waals surface area contributed by atoms with Gasteiger partial charge in [-0.25, -0.2) is 9.97 Å². The molecule has 1 unspecified atom stereocenters. The van der Waals surface area contributed by atoms with E-state index in [0.29, 0.717) is 6.04 Å². The summed E-state index contributed by atoms with van der Waals surface area (Å²) in [6.07, 6.45) is 4.12. The zero-order valence-electron chi connectivity index (χ0n) is 11.1. The minimum atomic E-state index is 0.596. The Bertz CT molecular complexity index is 583. The summed E-state index contributed by atoms with van der Waals surface area (Å²) < 4.78 is 0. The first-order valence-corrected chi connectivity index (χ1v) is 6.68. The number of likely N-dealkylation sites (N-methyl/N-ethyl adjacent to an activating group) is 1. The number of nitrogens with two attached hydrogens (primary N) is 1. The fraction of sp³-hybridized carbons (Fsp3) is 0.429. The number of hydrogen-bond donors (Lipinski definition) is 2. The first kappa shape index (κ1) is 12.2. The molecule has 100 valence electrons. The molecule has 19 heavy (non-hydrogen) atoms. The number of hydrogen-bond acceptors (Lipinski definition) is 5. The van der Waals surface area contributed by atoms with Crippen molar-refractivity contribution in [3.63, 3.8) is 0 Å². The predicted molar refractivity (Wildman–Crippen MR) is 78.1 cm³/mol. The Morgan fingerprint density at radius 3 is 3.11 bits per heavy atom. The third-order valence-electron chi connectivity index (χ3n) is 3.84. The molecule has 0 bridgehead atoms. The monoisotopic (exact) mass is 257 g/mol. The van der Waals surface area contributed by atoms with Crippen LogP contribution in [0.25, 0.3) is 10.9 Å². The lowest BCUT2D eigenvalue weighted by Crippen LogP contribution is -2.31. The summed E-state index contributed by atoms with van der Waals surface area (Å²) in [7, 11) is 2.18. The zero-order chi connectivity index (χ0) is 13.2. The summed E-state index contributed by atoms with van der Waals surface area (Å²) >= 11 is 0. The molecule has 5 heteroatoms. The van der Waals surface area contributed by atoms with Crippen molar-refractivity contribution in [2.45, 2.75) is 18.9 Å². The maximum atomic E-state index is 5.78. The Morgan fingerprint density at radius 2 is 2.32 bits per heavy atom. The van der Waals surface area contributed by atoms with Gasteiger partial charge in [0.25, 0.3) is 0 Å². The molecule has 2 aromatic rings. The van der Waals surface area contributed by atoms with Crippen LogP contribution in [0.15, 0.2) is 24.5 Å². The van der Waals surface area contributed by atoms with Gasteiger partial charge >= 0.3 is 0 Å². The highest BCUT2D eigenvalue weighted by molar-refractivity contribution is 5.90. The predicted octanol–water partition coefficient (Wildman–Crippen LogP) is 1.72. The smallest absolute Gasteiger partial charge is 0.137 e. The highest BCUT2D eigenvalue weighted by Crippen LogP contribution is 2.22. The van der Waals surface area contributed by atoms with E-state index in [9.17, 15) is 0 Å². The molecule has 3 N–H and O–H groups in total. The van der Waals surface area contributed by atoms with E-state index in [2.05, 4.69) is 27.2 Å². The van der Waals surface area contributed by atoms with Crippen molar-refractivity contribution in [2.24, 2.45) is 0 Å². The molecule has 0 amide bonds. The third kappa shape index (κ3) is 2.46. The first-order chi connectivity index (χ1) is 9.24. The zero-order valence-corrected chi connectivity index (χ0v) is 11.1. The number of nitrogens with zero attached hydrogens (tertiary/aromatic N) is 3. The minimum absolute atomic E-state index is 0.596. The standard InChI is InChI=1S/C14H19N5/c1-19-6-2-3-11(19)8-16-14-12-5-4-10(15)7-13(12)17-9-18-14/h4-5,7,9,11H,2-3,6,8,15H2,1H3,(H,16,17,18). The van der Waals surface area contributed by atoms with Gasteiger partial charge in [-0.15, -0.1) is 0 Å². The van der Waals surface area contributed by atoms with Crippen LogP contribution in [0.4, 0.5) is 11.5 Å². The highest BCUT2D eigenvalue weighted by atomic mass is 15.2. The summed E-state index contributed by atoms with van der Waals surface area (Å²) in [4.78, 5) is 11.0. The summed E-state index contributed by atoms with van der Waals surface area (Å²) in [6, 6.07) is 6.34. The van der Waals surface area contributed by atoms with Crippen LogP contribution < -0.4 is 11.1 Å². The topological polar surface area (TPSA) is 67.1 Å². The van der Waals surface area contributed by atoms with Gasteiger partial charge in [0.05, 0.1) is 5.52 Å². The van der Waals surface area contributed by atoms with E-state index < -0.39 is 0 Å². The number of nitrogens with one attached hydrogen (secondary N) is 1. The van der Waals surface area contributed by atoms with Crippen molar-refractivity contribution in [2.75, 3.05) is 31.2 Å². The van der Waals surface area contributed by atoms with Gasteiger partial charge in [-0.2, -0.15) is 0 Å². The Hall–Kier alpha value is -1.88. The van der Waals surface area contributed by atoms with E-state index in [0.717, 1.165) is 29.0 Å². The largest absolute Gasteiger partial charge is 0.399 e. The molecule has 1 saturated heterocycles. The van der Waals surface area contributed by atoms with E-state index in [1.165, 1.54) is 19.4 Å². The molecule has 0 spiro atoms. The second-order valence-electron chi connectivity index (χ2n) is 5.16. The number of benzene rings is 1. The lowest BCUT2D eigenvalue weighted by Gasteiger charge is -2.20. The average molecular weight is 257 g/mol. The number of anilines is 2. The quantitative estimate of drug-likeness (QED) is 0.819. The summed E-state index contributed by atoms with van der Waals surface area (Å²) in [5, 5.41) is 4.47. The normalized spacial score (nSPS) is 19.9. The van der Waals surface area contributed by atoms with E-state index in [1.54, 1.807) is 6.33 Å². The van der Waals surface area contributed by atoms with Gasteiger partial charge in [0.2, 0.25) is 0 Å². The molecule has 1 aromatic heterocycles. The van der Waals surface area contributed by atoms with Gasteiger partial charge in [0.1, 0.15) is 12.1 Å². The fourth-order valence-corrected chi connectivity index (χ4v) is 2.67. The SMILES string of the molecule is CN1CCCC1CNc1ncnc2cc(N)ccc12. The lowest BCUT2D eigenvalue weighted by molar-refractivity contribution is 0.322. The van der Waals surface area contributed by atoms with Gasteiger partial charge in [-0.1, -0.05) is 0 Å². The Morgan fingerprint density at radius 1 is 1.42 bits per heavy atom. The van der Waals surface area contributed by atoms with Crippen LogP contribution in [-0.4, -0.2) is 41.0 Å². The van der Waals surface area contributed by atoms with Crippen molar-refractivity contribution in [3.8, 4) is 0 Å². The molecule has 3 rings (SSSR count). The van der Waals surface area contributed by atoms with Crippen molar-refractivity contribution >= 4 is 22.4 Å². The summed E-state index contributed by atoms with van der Waals surface area (Å²) in [5.41, 5.74) is 7.39. The fourth-order valence-electron chi connectivity index (χ4n) is 2.67. The molecule has 0 aliphatic carbocycles. The number of nitrogen functional groups attached to an aromatic ring is 1. The molecule has 1 fully saturated rings. The van der Waals surface area contributed by atoms with Crippen molar-refractivity contribution in [3.05, 3.63) is 24.5 Å². The average Bonchev–Trinajstić information content (AvgIpc) is 2.81. The molecule has 0 radical (unpaired) electrons. The van der Waals surface area contributed by atoms with E-state index in [4.69, 9.17) is 5.73 Å². The number of likely N-dealkylation sites (tertiary alicyclic amines) is 1. The van der Waals surface area contributed by atoms with Crippen LogP contribution in [0.3, 0.4) is 0 Å². The van der Waals surface area contributed by atoms with E-state index in [-0.39, 0.29) is 0 Å². The molecule has 1 aliphatic heterocycles. The molecule has 1 aromatic carbocycles. The Kier molecular flexibility index (Phi) is 3.21. The van der Waals surface area contributed by atoms with Gasteiger partial charge in [-0.3, -0.25) is 0 Å². The summed E-state index contributed by atoms with van der Waals surface area (Å²) in [5.74, 6) is 0.894. The van der Waals surface area contributed by atoms with Crippen LogP contribution in [0.1, 0.15) is 12.8 Å². The Labute approximate surface area is 112 Å². The molecule has 1 aliphatic rings. The highest BCUT2D eigenvalue weighted by Gasteiger charge is 2.20. The van der Waals surface area contributed by atoms with Crippen LogP contribution in [0.2, 0.25) is 0 Å².